The van der Waals surface area contributed by atoms with Gasteiger partial charge in [0.2, 0.25) is 0 Å². The highest BCUT2D eigenvalue weighted by Crippen LogP contribution is 2.24. The molecule has 0 atom stereocenters. The molecule has 0 spiro atoms. The lowest BCUT2D eigenvalue weighted by Crippen LogP contribution is -2.44. The smallest absolute Gasteiger partial charge is 0.283 e. The summed E-state index contributed by atoms with van der Waals surface area (Å²) >= 11 is 5.98. The predicted octanol–water partition coefficient (Wildman–Crippen LogP) is 3.86. The Kier molecular flexibility index (Phi) is 5.11. The van der Waals surface area contributed by atoms with Crippen LogP contribution < -0.4 is 10.2 Å². The first-order valence-corrected chi connectivity index (χ1v) is 7.51. The van der Waals surface area contributed by atoms with Gasteiger partial charge in [0.1, 0.15) is 17.3 Å². The maximum absolute atomic E-state index is 12.2. The van der Waals surface area contributed by atoms with Crippen LogP contribution in [0.15, 0.2) is 39.9 Å². The molecule has 2 rings (SSSR count). The van der Waals surface area contributed by atoms with Crippen LogP contribution in [-0.2, 0) is 4.79 Å². The Morgan fingerprint density at radius 3 is 2.65 bits per heavy atom. The SMILES string of the molecule is Cc1ccc(/C=N\NC(=O)C(C)(C)Oc2ccc(Cl)c(C)c2)o1. The van der Waals surface area contributed by atoms with Crippen LogP contribution in [0.2, 0.25) is 5.02 Å². The van der Waals surface area contributed by atoms with Gasteiger partial charge in [0.25, 0.3) is 5.91 Å². The number of hydrogen-bond donors (Lipinski definition) is 1. The number of aryl methyl sites for hydroxylation is 2. The quantitative estimate of drug-likeness (QED) is 0.667. The van der Waals surface area contributed by atoms with Crippen LogP contribution in [0.1, 0.15) is 30.9 Å². The maximum atomic E-state index is 12.2. The zero-order valence-corrected chi connectivity index (χ0v) is 14.3. The zero-order chi connectivity index (χ0) is 17.0. The summed E-state index contributed by atoms with van der Waals surface area (Å²) in [5.74, 6) is 1.54. The molecule has 122 valence electrons. The third-order valence-electron chi connectivity index (χ3n) is 3.17. The lowest BCUT2D eigenvalue weighted by Gasteiger charge is -2.24. The second-order valence-corrected chi connectivity index (χ2v) is 6.08. The molecule has 5 nitrogen and oxygen atoms in total. The zero-order valence-electron chi connectivity index (χ0n) is 13.5. The largest absolute Gasteiger partial charge is 0.478 e. The van der Waals surface area contributed by atoms with Crippen LogP contribution in [0.5, 0.6) is 5.75 Å². The monoisotopic (exact) mass is 334 g/mol. The highest BCUT2D eigenvalue weighted by molar-refractivity contribution is 6.31. The highest BCUT2D eigenvalue weighted by atomic mass is 35.5. The van der Waals surface area contributed by atoms with Crippen molar-refractivity contribution in [1.29, 1.82) is 0 Å². The number of hydrogen-bond acceptors (Lipinski definition) is 4. The normalized spacial score (nSPS) is 11.7. The number of nitrogens with one attached hydrogen (secondary N) is 1. The predicted molar refractivity (Wildman–Crippen MR) is 90.1 cm³/mol. The van der Waals surface area contributed by atoms with E-state index >= 15 is 0 Å². The molecule has 0 saturated carbocycles. The van der Waals surface area contributed by atoms with Crippen molar-refractivity contribution >= 4 is 23.7 Å². The molecule has 6 heteroatoms. The molecule has 2 aromatic rings. The minimum Gasteiger partial charge on any atom is -0.478 e. The van der Waals surface area contributed by atoms with Crippen LogP contribution in [-0.4, -0.2) is 17.7 Å². The molecular weight excluding hydrogens is 316 g/mol. The van der Waals surface area contributed by atoms with E-state index in [-0.39, 0.29) is 5.91 Å². The van der Waals surface area contributed by atoms with Gasteiger partial charge in [0.05, 0.1) is 6.21 Å². The summed E-state index contributed by atoms with van der Waals surface area (Å²) in [6.45, 7) is 7.04. The van der Waals surface area contributed by atoms with E-state index in [4.69, 9.17) is 20.8 Å². The molecule has 1 amide bonds. The fourth-order valence-corrected chi connectivity index (χ4v) is 1.95. The van der Waals surface area contributed by atoms with E-state index in [1.165, 1.54) is 6.21 Å². The van der Waals surface area contributed by atoms with Gasteiger partial charge in [-0.25, -0.2) is 5.43 Å². The van der Waals surface area contributed by atoms with E-state index < -0.39 is 5.60 Å². The van der Waals surface area contributed by atoms with Crippen molar-refractivity contribution in [3.05, 3.63) is 52.4 Å². The van der Waals surface area contributed by atoms with E-state index in [1.54, 1.807) is 38.1 Å². The Bertz CT molecular complexity index is 735. The second-order valence-electron chi connectivity index (χ2n) is 5.67. The molecule has 0 radical (unpaired) electrons. The van der Waals surface area contributed by atoms with Crippen LogP contribution in [0.4, 0.5) is 0 Å². The summed E-state index contributed by atoms with van der Waals surface area (Å²) in [5.41, 5.74) is 2.24. The van der Waals surface area contributed by atoms with Crippen molar-refractivity contribution in [2.75, 3.05) is 0 Å². The molecule has 0 bridgehead atoms. The number of ether oxygens (including phenoxy) is 1. The summed E-state index contributed by atoms with van der Waals surface area (Å²) in [6.07, 6.45) is 1.44. The summed E-state index contributed by atoms with van der Waals surface area (Å²) in [5, 5.41) is 4.53. The molecular formula is C17H19ClN2O3. The molecule has 0 saturated heterocycles. The number of nitrogens with zero attached hydrogens (tertiary/aromatic N) is 1. The van der Waals surface area contributed by atoms with Crippen molar-refractivity contribution in [2.45, 2.75) is 33.3 Å². The van der Waals surface area contributed by atoms with Gasteiger partial charge < -0.3 is 9.15 Å². The van der Waals surface area contributed by atoms with Gasteiger partial charge in [-0.1, -0.05) is 11.6 Å². The maximum Gasteiger partial charge on any atom is 0.283 e. The molecule has 0 aliphatic heterocycles. The molecule has 1 aromatic heterocycles. The molecule has 23 heavy (non-hydrogen) atoms. The third kappa shape index (κ3) is 4.60. The van der Waals surface area contributed by atoms with Gasteiger partial charge in [-0.2, -0.15) is 5.10 Å². The van der Waals surface area contributed by atoms with Gasteiger partial charge in [-0.3, -0.25) is 4.79 Å². The lowest BCUT2D eigenvalue weighted by atomic mass is 10.1. The van der Waals surface area contributed by atoms with Gasteiger partial charge in [-0.15, -0.1) is 0 Å². The van der Waals surface area contributed by atoms with E-state index in [0.717, 1.165) is 11.3 Å². The van der Waals surface area contributed by atoms with E-state index in [0.29, 0.717) is 16.5 Å². The minimum absolute atomic E-state index is 0.371. The van der Waals surface area contributed by atoms with Gasteiger partial charge in [0, 0.05) is 5.02 Å². The first-order valence-electron chi connectivity index (χ1n) is 7.13. The van der Waals surface area contributed by atoms with Gasteiger partial charge in [0.15, 0.2) is 5.60 Å². The number of halogens is 1. The Balaban J connectivity index is 1.98. The Hall–Kier alpha value is -2.27. The van der Waals surface area contributed by atoms with Crippen molar-refractivity contribution < 1.29 is 13.9 Å². The van der Waals surface area contributed by atoms with E-state index in [1.807, 2.05) is 19.9 Å². The standard InChI is InChI=1S/C17H19ClN2O3/c1-11-9-13(7-8-15(11)18)23-17(3,4)16(21)20-19-10-14-6-5-12(2)22-14/h5-10H,1-4H3,(H,20,21)/b19-10-. The Morgan fingerprint density at radius 2 is 2.04 bits per heavy atom. The number of amides is 1. The summed E-state index contributed by atoms with van der Waals surface area (Å²) in [6, 6.07) is 8.82. The van der Waals surface area contributed by atoms with Crippen LogP contribution in [0, 0.1) is 13.8 Å². The first-order chi connectivity index (χ1) is 10.8. The number of benzene rings is 1. The summed E-state index contributed by atoms with van der Waals surface area (Å²) in [7, 11) is 0. The van der Waals surface area contributed by atoms with E-state index in [2.05, 4.69) is 10.5 Å². The van der Waals surface area contributed by atoms with Crippen molar-refractivity contribution in [1.82, 2.24) is 5.43 Å². The fraction of sp³-hybridized carbons (Fsp3) is 0.294. The highest BCUT2D eigenvalue weighted by Gasteiger charge is 2.30. The molecule has 1 aromatic carbocycles. The van der Waals surface area contributed by atoms with Crippen molar-refractivity contribution in [2.24, 2.45) is 5.10 Å². The van der Waals surface area contributed by atoms with Crippen LogP contribution in [0.25, 0.3) is 0 Å². The van der Waals surface area contributed by atoms with E-state index in [9.17, 15) is 4.79 Å². The second kappa shape index (κ2) is 6.87. The van der Waals surface area contributed by atoms with Gasteiger partial charge in [-0.05, 0) is 63.6 Å². The van der Waals surface area contributed by atoms with Gasteiger partial charge >= 0.3 is 0 Å². The van der Waals surface area contributed by atoms with Crippen molar-refractivity contribution in [3.8, 4) is 5.75 Å². The van der Waals surface area contributed by atoms with Crippen LogP contribution >= 0.6 is 11.6 Å². The first kappa shape index (κ1) is 17.1. The Morgan fingerprint density at radius 1 is 1.30 bits per heavy atom. The van der Waals surface area contributed by atoms with Crippen molar-refractivity contribution in [3.63, 3.8) is 0 Å². The number of furan rings is 1. The third-order valence-corrected chi connectivity index (χ3v) is 3.59. The summed E-state index contributed by atoms with van der Waals surface area (Å²) < 4.78 is 11.1. The number of carbonyl (C=O) groups excluding carboxylic acids is 1. The topological polar surface area (TPSA) is 63.8 Å². The lowest BCUT2D eigenvalue weighted by molar-refractivity contribution is -0.134. The number of carbonyl (C=O) groups is 1. The molecule has 0 aliphatic rings. The molecule has 1 heterocycles. The molecule has 0 unspecified atom stereocenters. The molecule has 1 N–H and O–H groups in total. The number of hydrazone groups is 1. The molecule has 0 aliphatic carbocycles. The average Bonchev–Trinajstić information content (AvgIpc) is 2.88. The number of rotatable bonds is 5. The minimum atomic E-state index is -1.09. The molecule has 0 fully saturated rings. The van der Waals surface area contributed by atoms with Crippen LogP contribution in [0.3, 0.4) is 0 Å². The fourth-order valence-electron chi connectivity index (χ4n) is 1.83. The summed E-state index contributed by atoms with van der Waals surface area (Å²) in [4.78, 5) is 12.2. The Labute approximate surface area is 140 Å². The average molecular weight is 335 g/mol.